The number of nitrogens with two attached hydrogens (primary N) is 2. The minimum atomic E-state index is -1.68. The molecule has 8 amide bonds. The average Bonchev–Trinajstić information content (AvgIpc) is 3.93. The Bertz CT molecular complexity index is 1750. The van der Waals surface area contributed by atoms with Crippen LogP contribution in [0.2, 0.25) is 0 Å². The molecule has 65 heavy (non-hydrogen) atoms. The minimum Gasteiger partial charge on any atom is -0.481 e. The molecule has 0 aliphatic carbocycles. The van der Waals surface area contributed by atoms with E-state index in [-0.39, 0.29) is 50.6 Å². The highest BCUT2D eigenvalue weighted by molar-refractivity contribution is 5.98. The third-order valence-electron chi connectivity index (χ3n) is 11.0. The first-order valence-electron chi connectivity index (χ1n) is 22.0. The van der Waals surface area contributed by atoms with Crippen LogP contribution >= 0.6 is 0 Å². The molecule has 0 aromatic carbocycles. The summed E-state index contributed by atoms with van der Waals surface area (Å²) < 4.78 is 0. The van der Waals surface area contributed by atoms with Gasteiger partial charge in [-0.2, -0.15) is 0 Å². The minimum absolute atomic E-state index is 0.0140. The summed E-state index contributed by atoms with van der Waals surface area (Å²) in [7, 11) is 0. The number of aliphatic carboxylic acids is 3. The van der Waals surface area contributed by atoms with Gasteiger partial charge in [-0.25, -0.2) is 4.79 Å². The quantitative estimate of drug-likeness (QED) is 0.0369. The highest BCUT2D eigenvalue weighted by Gasteiger charge is 2.41. The summed E-state index contributed by atoms with van der Waals surface area (Å²) in [6.45, 7) is 8.22. The Hall–Kier alpha value is -5.91. The highest BCUT2D eigenvalue weighted by atomic mass is 16.4. The van der Waals surface area contributed by atoms with Crippen LogP contribution in [0, 0.1) is 11.8 Å². The predicted octanol–water partition coefficient (Wildman–Crippen LogP) is -2.89. The van der Waals surface area contributed by atoms with E-state index in [9.17, 15) is 68.1 Å². The van der Waals surface area contributed by atoms with Crippen molar-refractivity contribution in [1.82, 2.24) is 41.7 Å². The van der Waals surface area contributed by atoms with Crippen molar-refractivity contribution in [3.8, 4) is 0 Å². The SMILES string of the molecule is CC(C)C[C@H](NC(=O)CNC(=O)[C@@H]1CCCN1C(=O)[C@H](C)NC(=O)[C@@H]1CCCN1C(=O)[C@H](CCC(=O)O)NC(=O)[C@H](CC(=O)O)NC(=O)[C@@H](N)C(C)C)C(=O)N[C@@H](CCCCN)C(=O)O. The molecule has 0 saturated carbocycles. The topological polar surface area (TPSA) is 379 Å². The third-order valence-corrected chi connectivity index (χ3v) is 11.0. The molecule has 2 saturated heterocycles. The van der Waals surface area contributed by atoms with Crippen LogP contribution < -0.4 is 43.4 Å². The Morgan fingerprint density at radius 2 is 1.18 bits per heavy atom. The van der Waals surface area contributed by atoms with Crippen LogP contribution in [0.4, 0.5) is 0 Å². The molecular formula is C41H68N10O14. The van der Waals surface area contributed by atoms with Crippen molar-refractivity contribution in [2.75, 3.05) is 26.2 Å². The van der Waals surface area contributed by atoms with E-state index in [1.807, 2.05) is 13.8 Å². The first kappa shape index (κ1) is 55.2. The number of unbranched alkanes of at least 4 members (excludes halogenated alkanes) is 1. The van der Waals surface area contributed by atoms with E-state index in [1.54, 1.807) is 13.8 Å². The molecule has 0 aromatic heterocycles. The number of hydrogen-bond donors (Lipinski definition) is 11. The molecule has 0 bridgehead atoms. The molecule has 2 heterocycles. The monoisotopic (exact) mass is 924 g/mol. The Balaban J connectivity index is 2.10. The molecule has 366 valence electrons. The van der Waals surface area contributed by atoms with Gasteiger partial charge in [0.15, 0.2) is 0 Å². The molecule has 0 radical (unpaired) electrons. The number of nitrogens with one attached hydrogen (secondary N) is 6. The number of carbonyl (C=O) groups excluding carboxylic acids is 8. The Labute approximate surface area is 377 Å². The molecule has 0 spiro atoms. The second kappa shape index (κ2) is 26.8. The first-order chi connectivity index (χ1) is 30.5. The van der Waals surface area contributed by atoms with Gasteiger partial charge in [-0.3, -0.25) is 47.9 Å². The van der Waals surface area contributed by atoms with Crippen LogP contribution in [0.25, 0.3) is 0 Å². The molecule has 2 fully saturated rings. The summed E-state index contributed by atoms with van der Waals surface area (Å²) >= 11 is 0. The van der Waals surface area contributed by atoms with Gasteiger partial charge in [-0.15, -0.1) is 0 Å². The molecule has 0 aromatic rings. The fourth-order valence-electron chi connectivity index (χ4n) is 7.43. The van der Waals surface area contributed by atoms with Gasteiger partial charge < -0.3 is 68.5 Å². The maximum absolute atomic E-state index is 13.9. The number of rotatable bonds is 27. The van der Waals surface area contributed by atoms with Gasteiger partial charge in [0.1, 0.15) is 42.3 Å². The van der Waals surface area contributed by atoms with Gasteiger partial charge >= 0.3 is 17.9 Å². The van der Waals surface area contributed by atoms with Crippen LogP contribution in [0.15, 0.2) is 0 Å². The standard InChI is InChI=1S/C41H68N10O14/c1-21(2)18-26(34(57)48-25(41(64)65)10-6-7-15-42)46-30(52)20-44-36(59)28-11-8-16-50(28)39(62)23(5)45-37(60)29-12-9-17-51(29)40(63)24(13-14-31(53)54)47-35(58)27(19-32(55)56)49-38(61)33(43)22(3)4/h21-29,33H,6-20,42-43H2,1-5H3,(H,44,59)(H,45,60)(H,46,52)(H,47,58)(H,48,57)(H,49,61)(H,53,54)(H,55,56)(H,64,65)/t23-,24-,25-,26-,27-,28-,29-,33-/m0/s1. The molecule has 2 rings (SSSR count). The van der Waals surface area contributed by atoms with Crippen molar-refractivity contribution < 1.29 is 68.1 Å². The summed E-state index contributed by atoms with van der Waals surface area (Å²) in [5.74, 6) is -10.7. The number of amides is 8. The Morgan fingerprint density at radius 3 is 1.72 bits per heavy atom. The predicted molar refractivity (Wildman–Crippen MR) is 230 cm³/mol. The van der Waals surface area contributed by atoms with Gasteiger partial charge in [0.05, 0.1) is 19.0 Å². The molecule has 2 aliphatic heterocycles. The number of nitrogens with zero attached hydrogens (tertiary/aromatic N) is 2. The Morgan fingerprint density at radius 1 is 0.631 bits per heavy atom. The third kappa shape index (κ3) is 17.9. The molecule has 24 heteroatoms. The molecular weight excluding hydrogens is 857 g/mol. The Kier molecular flexibility index (Phi) is 22.7. The lowest BCUT2D eigenvalue weighted by molar-refractivity contribution is -0.145. The lowest BCUT2D eigenvalue weighted by atomic mass is 10.0. The second-order valence-electron chi connectivity index (χ2n) is 17.2. The van der Waals surface area contributed by atoms with E-state index < -0.39 is 139 Å². The smallest absolute Gasteiger partial charge is 0.326 e. The summed E-state index contributed by atoms with van der Waals surface area (Å²) in [5.41, 5.74) is 11.3. The first-order valence-corrected chi connectivity index (χ1v) is 22.0. The van der Waals surface area contributed by atoms with E-state index >= 15 is 0 Å². The zero-order chi connectivity index (χ0) is 49.1. The molecule has 0 unspecified atom stereocenters. The van der Waals surface area contributed by atoms with E-state index in [1.165, 1.54) is 11.8 Å². The maximum atomic E-state index is 13.9. The lowest BCUT2D eigenvalue weighted by Crippen LogP contribution is -2.59. The largest absolute Gasteiger partial charge is 0.481 e. The zero-order valence-electron chi connectivity index (χ0n) is 37.8. The lowest BCUT2D eigenvalue weighted by Gasteiger charge is -2.31. The van der Waals surface area contributed by atoms with E-state index in [0.29, 0.717) is 32.2 Å². The van der Waals surface area contributed by atoms with E-state index in [0.717, 1.165) is 4.90 Å². The van der Waals surface area contributed by atoms with Crippen molar-refractivity contribution in [3.63, 3.8) is 0 Å². The second-order valence-corrected chi connectivity index (χ2v) is 17.2. The van der Waals surface area contributed by atoms with Crippen molar-refractivity contribution in [2.45, 2.75) is 154 Å². The fourth-order valence-corrected chi connectivity index (χ4v) is 7.43. The highest BCUT2D eigenvalue weighted by Crippen LogP contribution is 2.22. The molecule has 13 N–H and O–H groups in total. The van der Waals surface area contributed by atoms with Crippen LogP contribution in [-0.4, -0.2) is 165 Å². The number of carboxylic acid groups (broad SMARTS) is 3. The van der Waals surface area contributed by atoms with Crippen molar-refractivity contribution in [1.29, 1.82) is 0 Å². The van der Waals surface area contributed by atoms with E-state index in [2.05, 4.69) is 31.9 Å². The number of likely N-dealkylation sites (tertiary alicyclic amines) is 2. The molecule has 2 aliphatic rings. The number of carbonyl (C=O) groups is 11. The zero-order valence-corrected chi connectivity index (χ0v) is 37.8. The average molecular weight is 925 g/mol. The summed E-state index contributed by atoms with van der Waals surface area (Å²) in [6.07, 6.45) is 0.516. The summed E-state index contributed by atoms with van der Waals surface area (Å²) in [5, 5.41) is 43.1. The molecule has 24 nitrogen and oxygen atoms in total. The maximum Gasteiger partial charge on any atom is 0.326 e. The summed E-state index contributed by atoms with van der Waals surface area (Å²) in [4.78, 5) is 144. The number of carboxylic acids is 3. The van der Waals surface area contributed by atoms with Crippen molar-refractivity contribution in [2.24, 2.45) is 23.3 Å². The van der Waals surface area contributed by atoms with Crippen molar-refractivity contribution >= 4 is 65.2 Å². The van der Waals surface area contributed by atoms with Gasteiger partial charge in [0.25, 0.3) is 0 Å². The van der Waals surface area contributed by atoms with Crippen LogP contribution in [-0.2, 0) is 52.7 Å². The van der Waals surface area contributed by atoms with Gasteiger partial charge in [0, 0.05) is 19.5 Å². The normalized spacial score (nSPS) is 18.7. The van der Waals surface area contributed by atoms with Gasteiger partial charge in [-0.1, -0.05) is 27.7 Å². The van der Waals surface area contributed by atoms with Crippen LogP contribution in [0.3, 0.4) is 0 Å². The van der Waals surface area contributed by atoms with Crippen LogP contribution in [0.1, 0.15) is 105 Å². The summed E-state index contributed by atoms with van der Waals surface area (Å²) in [6, 6.07) is -10.0. The van der Waals surface area contributed by atoms with Crippen molar-refractivity contribution in [3.05, 3.63) is 0 Å². The fraction of sp³-hybridized carbons (Fsp3) is 0.732. The van der Waals surface area contributed by atoms with Crippen LogP contribution in [0.5, 0.6) is 0 Å². The molecule has 8 atom stereocenters. The van der Waals surface area contributed by atoms with E-state index in [4.69, 9.17) is 11.5 Å². The van der Waals surface area contributed by atoms with Gasteiger partial charge in [-0.05, 0) is 83.1 Å². The van der Waals surface area contributed by atoms with Gasteiger partial charge in [0.2, 0.25) is 47.3 Å². The number of hydrogen-bond acceptors (Lipinski definition) is 13.